The molecule has 0 amide bonds. The Morgan fingerprint density at radius 3 is 2.43 bits per heavy atom. The number of nitro groups is 1. The average Bonchev–Trinajstić information content (AvgIpc) is 2.48. The van der Waals surface area contributed by atoms with E-state index in [4.69, 9.17) is 4.74 Å². The molecule has 2 rings (SSSR count). The summed E-state index contributed by atoms with van der Waals surface area (Å²) in [6, 6.07) is 11.1. The fraction of sp³-hybridized carbons (Fsp3) is 0.235. The van der Waals surface area contributed by atoms with Gasteiger partial charge in [-0.25, -0.2) is 4.79 Å². The first-order valence-electron chi connectivity index (χ1n) is 6.96. The Kier molecular flexibility index (Phi) is 4.85. The normalized spacial score (nSPS) is 11.1. The second-order valence-electron chi connectivity index (χ2n) is 6.05. The van der Waals surface area contributed by atoms with Crippen LogP contribution in [0.1, 0.15) is 36.7 Å². The van der Waals surface area contributed by atoms with Crippen molar-refractivity contribution < 1.29 is 14.5 Å². The molecule has 0 aliphatic carbocycles. The predicted molar refractivity (Wildman–Crippen MR) is 90.9 cm³/mol. The Hall–Kier alpha value is -2.21. The number of rotatable bonds is 3. The number of carbonyl (C=O) groups excluding carboxylic acids is 1. The molecule has 0 unspecified atom stereocenters. The molecule has 0 saturated heterocycles. The van der Waals surface area contributed by atoms with Crippen LogP contribution < -0.4 is 4.74 Å². The van der Waals surface area contributed by atoms with Gasteiger partial charge in [0.1, 0.15) is 11.3 Å². The van der Waals surface area contributed by atoms with Crippen molar-refractivity contribution in [2.45, 2.75) is 26.2 Å². The third-order valence-electron chi connectivity index (χ3n) is 3.27. The van der Waals surface area contributed by atoms with Crippen molar-refractivity contribution in [2.75, 3.05) is 0 Å². The summed E-state index contributed by atoms with van der Waals surface area (Å²) in [7, 11) is 0. The Balaban J connectivity index is 2.41. The van der Waals surface area contributed by atoms with Crippen molar-refractivity contribution in [1.29, 1.82) is 0 Å². The number of hydrogen-bond acceptors (Lipinski definition) is 4. The number of nitrogens with zero attached hydrogens (tertiary/aromatic N) is 1. The summed E-state index contributed by atoms with van der Waals surface area (Å²) in [6.45, 7) is 5.99. The van der Waals surface area contributed by atoms with E-state index in [0.717, 1.165) is 10.0 Å². The lowest BCUT2D eigenvalue weighted by molar-refractivity contribution is -0.385. The molecule has 0 spiro atoms. The first-order chi connectivity index (χ1) is 10.7. The van der Waals surface area contributed by atoms with Crippen LogP contribution in [0.25, 0.3) is 0 Å². The Morgan fingerprint density at radius 2 is 1.83 bits per heavy atom. The molecule has 0 fully saturated rings. The number of ether oxygens (including phenoxy) is 1. The highest BCUT2D eigenvalue weighted by Crippen LogP contribution is 2.34. The number of carbonyl (C=O) groups is 1. The number of nitro benzene ring substituents is 1. The van der Waals surface area contributed by atoms with Gasteiger partial charge in [-0.15, -0.1) is 0 Å². The van der Waals surface area contributed by atoms with Crippen LogP contribution in [0.5, 0.6) is 5.75 Å². The standard InChI is InChI=1S/C17H16BrNO4/c1-17(2,3)13-10-11(18)8-9-15(13)23-16(20)12-6-4-5-7-14(12)19(21)22/h4-10H,1-3H3. The van der Waals surface area contributed by atoms with Crippen LogP contribution in [0.15, 0.2) is 46.9 Å². The van der Waals surface area contributed by atoms with E-state index in [2.05, 4.69) is 15.9 Å². The maximum Gasteiger partial charge on any atom is 0.350 e. The molecule has 0 heterocycles. The SMILES string of the molecule is CC(C)(C)c1cc(Br)ccc1OC(=O)c1ccccc1[N+](=O)[O-]. The summed E-state index contributed by atoms with van der Waals surface area (Å²) < 4.78 is 6.31. The van der Waals surface area contributed by atoms with E-state index < -0.39 is 10.9 Å². The van der Waals surface area contributed by atoms with Gasteiger partial charge in [0.05, 0.1) is 4.92 Å². The van der Waals surface area contributed by atoms with Crippen molar-refractivity contribution >= 4 is 27.6 Å². The molecule has 2 aromatic carbocycles. The van der Waals surface area contributed by atoms with Gasteiger partial charge in [-0.05, 0) is 29.7 Å². The van der Waals surface area contributed by atoms with Gasteiger partial charge < -0.3 is 4.74 Å². The molecule has 0 bridgehead atoms. The quantitative estimate of drug-likeness (QED) is 0.331. The Morgan fingerprint density at radius 1 is 1.17 bits per heavy atom. The van der Waals surface area contributed by atoms with Crippen LogP contribution in [-0.2, 0) is 5.41 Å². The molecule has 5 nitrogen and oxygen atoms in total. The van der Waals surface area contributed by atoms with E-state index in [1.54, 1.807) is 18.2 Å². The summed E-state index contributed by atoms with van der Waals surface area (Å²) in [5.41, 5.74) is 0.244. The molecule has 0 aromatic heterocycles. The molecule has 2 aromatic rings. The molecular weight excluding hydrogens is 362 g/mol. The lowest BCUT2D eigenvalue weighted by Gasteiger charge is -2.22. The lowest BCUT2D eigenvalue weighted by Crippen LogP contribution is -2.17. The van der Waals surface area contributed by atoms with Crippen LogP contribution in [0.4, 0.5) is 5.69 Å². The second-order valence-corrected chi connectivity index (χ2v) is 6.97. The second kappa shape index (κ2) is 6.50. The monoisotopic (exact) mass is 377 g/mol. The third kappa shape index (κ3) is 3.96. The summed E-state index contributed by atoms with van der Waals surface area (Å²) in [5.74, 6) is -0.353. The fourth-order valence-electron chi connectivity index (χ4n) is 2.14. The predicted octanol–water partition coefficient (Wildman–Crippen LogP) is 4.87. The smallest absolute Gasteiger partial charge is 0.350 e. The minimum Gasteiger partial charge on any atom is -0.422 e. The van der Waals surface area contributed by atoms with Gasteiger partial charge in [-0.3, -0.25) is 10.1 Å². The molecule has 0 radical (unpaired) electrons. The van der Waals surface area contributed by atoms with E-state index in [1.165, 1.54) is 18.2 Å². The lowest BCUT2D eigenvalue weighted by atomic mass is 9.86. The van der Waals surface area contributed by atoms with E-state index in [9.17, 15) is 14.9 Å². The zero-order chi connectivity index (χ0) is 17.2. The topological polar surface area (TPSA) is 69.4 Å². The third-order valence-corrected chi connectivity index (χ3v) is 3.77. The van der Waals surface area contributed by atoms with Crippen LogP contribution in [0.2, 0.25) is 0 Å². The molecule has 120 valence electrons. The maximum absolute atomic E-state index is 12.4. The minimum absolute atomic E-state index is 0.0692. The van der Waals surface area contributed by atoms with Crippen molar-refractivity contribution in [2.24, 2.45) is 0 Å². The molecule has 0 aliphatic rings. The number of para-hydroxylation sites is 1. The maximum atomic E-state index is 12.4. The van der Waals surface area contributed by atoms with Crippen LogP contribution in [0.3, 0.4) is 0 Å². The van der Waals surface area contributed by atoms with Gasteiger partial charge >= 0.3 is 5.97 Å². The van der Waals surface area contributed by atoms with Crippen LogP contribution in [-0.4, -0.2) is 10.9 Å². The zero-order valence-corrected chi connectivity index (χ0v) is 14.6. The van der Waals surface area contributed by atoms with Crippen molar-refractivity contribution in [3.05, 3.63) is 68.2 Å². The van der Waals surface area contributed by atoms with Crippen LogP contribution in [0, 0.1) is 10.1 Å². The Bertz CT molecular complexity index is 765. The van der Waals surface area contributed by atoms with Gasteiger partial charge in [0.15, 0.2) is 0 Å². The number of benzene rings is 2. The molecular formula is C17H16BrNO4. The number of hydrogen-bond donors (Lipinski definition) is 0. The van der Waals surface area contributed by atoms with Gasteiger partial charge in [0.2, 0.25) is 0 Å². The molecule has 0 atom stereocenters. The summed E-state index contributed by atoms with van der Waals surface area (Å²) >= 11 is 3.40. The number of esters is 1. The molecule has 23 heavy (non-hydrogen) atoms. The number of halogens is 1. The first-order valence-corrected chi connectivity index (χ1v) is 7.75. The summed E-state index contributed by atoms with van der Waals surface area (Å²) in [4.78, 5) is 22.8. The van der Waals surface area contributed by atoms with Gasteiger partial charge in [-0.1, -0.05) is 48.8 Å². The van der Waals surface area contributed by atoms with Crippen LogP contribution >= 0.6 is 15.9 Å². The summed E-state index contributed by atoms with van der Waals surface area (Å²) in [5, 5.41) is 11.0. The zero-order valence-electron chi connectivity index (χ0n) is 13.0. The largest absolute Gasteiger partial charge is 0.422 e. The molecule has 0 N–H and O–H groups in total. The minimum atomic E-state index is -0.745. The molecule has 0 aliphatic heterocycles. The van der Waals surface area contributed by atoms with Crippen molar-refractivity contribution in [3.63, 3.8) is 0 Å². The van der Waals surface area contributed by atoms with Crippen molar-refractivity contribution in [1.82, 2.24) is 0 Å². The Labute approximate surface area is 142 Å². The van der Waals surface area contributed by atoms with E-state index >= 15 is 0 Å². The van der Waals surface area contributed by atoms with Gasteiger partial charge in [-0.2, -0.15) is 0 Å². The fourth-order valence-corrected chi connectivity index (χ4v) is 2.50. The highest BCUT2D eigenvalue weighted by atomic mass is 79.9. The summed E-state index contributed by atoms with van der Waals surface area (Å²) in [6.07, 6.45) is 0. The van der Waals surface area contributed by atoms with Gasteiger partial charge in [0, 0.05) is 16.1 Å². The van der Waals surface area contributed by atoms with Crippen molar-refractivity contribution in [3.8, 4) is 5.75 Å². The van der Waals surface area contributed by atoms with E-state index in [0.29, 0.717) is 5.75 Å². The highest BCUT2D eigenvalue weighted by Gasteiger charge is 2.25. The molecule has 0 saturated carbocycles. The first kappa shape index (κ1) is 17.1. The van der Waals surface area contributed by atoms with Gasteiger partial charge in [0.25, 0.3) is 5.69 Å². The average molecular weight is 378 g/mol. The highest BCUT2D eigenvalue weighted by molar-refractivity contribution is 9.10. The molecule has 6 heteroatoms. The van der Waals surface area contributed by atoms with E-state index in [1.807, 2.05) is 26.8 Å². The van der Waals surface area contributed by atoms with E-state index in [-0.39, 0.29) is 16.7 Å².